The summed E-state index contributed by atoms with van der Waals surface area (Å²) in [5.41, 5.74) is 0.961. The molecule has 0 aromatic heterocycles. The van der Waals surface area contributed by atoms with E-state index < -0.39 is 0 Å². The number of benzene rings is 1. The second kappa shape index (κ2) is 5.95. The van der Waals surface area contributed by atoms with Gasteiger partial charge in [-0.05, 0) is 36.6 Å². The Morgan fingerprint density at radius 2 is 2.00 bits per heavy atom. The van der Waals surface area contributed by atoms with Crippen molar-refractivity contribution in [1.29, 1.82) is 0 Å². The highest BCUT2D eigenvalue weighted by Crippen LogP contribution is 2.36. The minimum Gasteiger partial charge on any atom is -0.392 e. The van der Waals surface area contributed by atoms with Gasteiger partial charge < -0.3 is 5.11 Å². The van der Waals surface area contributed by atoms with Crippen molar-refractivity contribution in [1.82, 2.24) is 0 Å². The third-order valence-corrected chi connectivity index (χ3v) is 4.73. The van der Waals surface area contributed by atoms with E-state index in [1.54, 1.807) is 0 Å². The summed E-state index contributed by atoms with van der Waals surface area (Å²) in [4.78, 5) is 1.19. The molecular weight excluding hydrogens is 240 g/mol. The van der Waals surface area contributed by atoms with Crippen LogP contribution in [0.25, 0.3) is 0 Å². The van der Waals surface area contributed by atoms with Crippen LogP contribution in [-0.4, -0.2) is 10.4 Å². The molecule has 1 aliphatic rings. The summed E-state index contributed by atoms with van der Waals surface area (Å²) in [7, 11) is 0. The predicted octanol–water partition coefficient (Wildman–Crippen LogP) is 4.26. The summed E-state index contributed by atoms with van der Waals surface area (Å²) in [6.07, 6.45) is 6.68. The Morgan fingerprint density at radius 1 is 1.25 bits per heavy atom. The summed E-state index contributed by atoms with van der Waals surface area (Å²) in [6.45, 7) is 0.0790. The standard InChI is InChI=1S/C13H17ClOS/c14-11-6-7-13(10(8-11)9-15)16-12-4-2-1-3-5-12/h6-8,12,15H,1-5,9H2. The highest BCUT2D eigenvalue weighted by molar-refractivity contribution is 8.00. The molecule has 16 heavy (non-hydrogen) atoms. The zero-order chi connectivity index (χ0) is 11.4. The van der Waals surface area contributed by atoms with Crippen LogP contribution in [0.1, 0.15) is 37.7 Å². The van der Waals surface area contributed by atoms with Gasteiger partial charge in [-0.15, -0.1) is 11.8 Å². The average Bonchev–Trinajstić information content (AvgIpc) is 2.33. The van der Waals surface area contributed by atoms with E-state index in [4.69, 9.17) is 11.6 Å². The first-order valence-electron chi connectivity index (χ1n) is 5.85. The Morgan fingerprint density at radius 3 is 2.69 bits per heavy atom. The molecule has 1 saturated carbocycles. The van der Waals surface area contributed by atoms with Crippen molar-refractivity contribution in [3.63, 3.8) is 0 Å². The van der Waals surface area contributed by atoms with Crippen molar-refractivity contribution in [2.45, 2.75) is 48.9 Å². The molecule has 0 unspecified atom stereocenters. The third kappa shape index (κ3) is 3.16. The molecule has 0 amide bonds. The smallest absolute Gasteiger partial charge is 0.0693 e. The van der Waals surface area contributed by atoms with E-state index in [1.807, 2.05) is 30.0 Å². The van der Waals surface area contributed by atoms with Gasteiger partial charge in [-0.2, -0.15) is 0 Å². The van der Waals surface area contributed by atoms with Gasteiger partial charge in [-0.3, -0.25) is 0 Å². The van der Waals surface area contributed by atoms with Crippen molar-refractivity contribution in [3.8, 4) is 0 Å². The summed E-state index contributed by atoms with van der Waals surface area (Å²) in [5.74, 6) is 0. The van der Waals surface area contributed by atoms with Gasteiger partial charge in [0.05, 0.1) is 6.61 Å². The number of hydrogen-bond donors (Lipinski definition) is 1. The molecule has 1 nitrogen and oxygen atoms in total. The molecule has 1 N–H and O–H groups in total. The molecule has 0 bridgehead atoms. The third-order valence-electron chi connectivity index (χ3n) is 3.04. The maximum Gasteiger partial charge on any atom is 0.0693 e. The molecule has 1 aromatic rings. The Balaban J connectivity index is 2.07. The number of aliphatic hydroxyl groups excluding tert-OH is 1. The fourth-order valence-electron chi connectivity index (χ4n) is 2.15. The van der Waals surface area contributed by atoms with Crippen LogP contribution in [0.4, 0.5) is 0 Å². The first-order chi connectivity index (χ1) is 7.79. The van der Waals surface area contributed by atoms with E-state index in [0.717, 1.165) is 10.8 Å². The van der Waals surface area contributed by atoms with Crippen LogP contribution in [0.15, 0.2) is 23.1 Å². The van der Waals surface area contributed by atoms with Crippen LogP contribution >= 0.6 is 23.4 Å². The van der Waals surface area contributed by atoms with Crippen molar-refractivity contribution in [3.05, 3.63) is 28.8 Å². The molecule has 3 heteroatoms. The summed E-state index contributed by atoms with van der Waals surface area (Å²) in [6, 6.07) is 5.81. The zero-order valence-electron chi connectivity index (χ0n) is 9.29. The van der Waals surface area contributed by atoms with E-state index in [2.05, 4.69) is 0 Å². The molecule has 0 heterocycles. The van der Waals surface area contributed by atoms with Crippen molar-refractivity contribution < 1.29 is 5.11 Å². The lowest BCUT2D eigenvalue weighted by atomic mass is 10.0. The zero-order valence-corrected chi connectivity index (χ0v) is 10.9. The first-order valence-corrected chi connectivity index (χ1v) is 7.11. The van der Waals surface area contributed by atoms with E-state index in [-0.39, 0.29) is 6.61 Å². The average molecular weight is 257 g/mol. The van der Waals surface area contributed by atoms with Gasteiger partial charge in [0.1, 0.15) is 0 Å². The molecule has 0 saturated heterocycles. The molecule has 1 aliphatic carbocycles. The number of rotatable bonds is 3. The lowest BCUT2D eigenvalue weighted by Gasteiger charge is -2.22. The fraction of sp³-hybridized carbons (Fsp3) is 0.538. The van der Waals surface area contributed by atoms with Gasteiger partial charge in [0.2, 0.25) is 0 Å². The normalized spacial score (nSPS) is 17.6. The van der Waals surface area contributed by atoms with Crippen LogP contribution in [0.5, 0.6) is 0 Å². The summed E-state index contributed by atoms with van der Waals surface area (Å²) in [5, 5.41) is 10.7. The lowest BCUT2D eigenvalue weighted by molar-refractivity contribution is 0.279. The molecular formula is C13H17ClOS. The van der Waals surface area contributed by atoms with Crippen LogP contribution < -0.4 is 0 Å². The molecule has 0 spiro atoms. The topological polar surface area (TPSA) is 20.2 Å². The monoisotopic (exact) mass is 256 g/mol. The van der Waals surface area contributed by atoms with Crippen LogP contribution in [0, 0.1) is 0 Å². The predicted molar refractivity (Wildman–Crippen MR) is 70.1 cm³/mol. The second-order valence-electron chi connectivity index (χ2n) is 4.29. The molecule has 0 radical (unpaired) electrons. The maximum absolute atomic E-state index is 9.30. The number of aliphatic hydroxyl groups is 1. The molecule has 1 fully saturated rings. The highest BCUT2D eigenvalue weighted by atomic mass is 35.5. The Bertz CT molecular complexity index is 348. The maximum atomic E-state index is 9.30. The van der Waals surface area contributed by atoms with Gasteiger partial charge in [0.15, 0.2) is 0 Å². The number of hydrogen-bond acceptors (Lipinski definition) is 2. The van der Waals surface area contributed by atoms with Gasteiger partial charge in [-0.1, -0.05) is 30.9 Å². The molecule has 1 aromatic carbocycles. The summed E-state index contributed by atoms with van der Waals surface area (Å²) >= 11 is 7.82. The van der Waals surface area contributed by atoms with E-state index in [0.29, 0.717) is 5.02 Å². The van der Waals surface area contributed by atoms with Crippen molar-refractivity contribution >= 4 is 23.4 Å². The van der Waals surface area contributed by atoms with E-state index in [9.17, 15) is 5.11 Å². The SMILES string of the molecule is OCc1cc(Cl)ccc1SC1CCCCC1. The molecule has 2 rings (SSSR count). The Kier molecular flexibility index (Phi) is 4.56. The molecule has 88 valence electrons. The Hall–Kier alpha value is -0.180. The van der Waals surface area contributed by atoms with Gasteiger partial charge >= 0.3 is 0 Å². The van der Waals surface area contributed by atoms with Crippen LogP contribution in [0.2, 0.25) is 5.02 Å². The minimum absolute atomic E-state index is 0.0790. The largest absolute Gasteiger partial charge is 0.392 e. The van der Waals surface area contributed by atoms with Crippen LogP contribution in [-0.2, 0) is 6.61 Å². The number of thioether (sulfide) groups is 1. The molecule has 0 atom stereocenters. The lowest BCUT2D eigenvalue weighted by Crippen LogP contribution is -2.08. The van der Waals surface area contributed by atoms with Crippen LogP contribution in [0.3, 0.4) is 0 Å². The van der Waals surface area contributed by atoms with Gasteiger partial charge in [0.25, 0.3) is 0 Å². The quantitative estimate of drug-likeness (QED) is 0.872. The summed E-state index contributed by atoms with van der Waals surface area (Å²) < 4.78 is 0. The van der Waals surface area contributed by atoms with E-state index >= 15 is 0 Å². The van der Waals surface area contributed by atoms with Gasteiger partial charge in [0, 0.05) is 15.2 Å². The second-order valence-corrected chi connectivity index (χ2v) is 6.07. The van der Waals surface area contributed by atoms with Crippen molar-refractivity contribution in [2.24, 2.45) is 0 Å². The molecule has 0 aliphatic heterocycles. The fourth-order valence-corrected chi connectivity index (χ4v) is 3.69. The number of halogens is 1. The van der Waals surface area contributed by atoms with Gasteiger partial charge in [-0.25, -0.2) is 0 Å². The van der Waals surface area contributed by atoms with Crippen molar-refractivity contribution in [2.75, 3.05) is 0 Å². The minimum atomic E-state index is 0.0790. The highest BCUT2D eigenvalue weighted by Gasteiger charge is 2.16. The Labute approximate surface area is 106 Å². The van der Waals surface area contributed by atoms with E-state index in [1.165, 1.54) is 37.0 Å². The first kappa shape index (κ1) is 12.3.